The Bertz CT molecular complexity index is 671. The molecule has 0 atom stereocenters. The second-order valence-electron chi connectivity index (χ2n) is 5.31. The molecule has 0 aliphatic carbocycles. The standard InChI is InChI=1S/C16H18N2O3/c1-10-14(12(3)21-17-10)9-18-6-7-20-16-5-4-13(11(2)19)8-15(16)18/h4-5,8H,6-7,9H2,1-3H3. The van der Waals surface area contributed by atoms with Crippen LogP contribution in [0, 0.1) is 13.8 Å². The number of carbonyl (C=O) groups excluding carboxylic acids is 1. The third-order valence-electron chi connectivity index (χ3n) is 3.86. The molecule has 1 aliphatic rings. The second-order valence-corrected chi connectivity index (χ2v) is 5.31. The molecule has 0 unspecified atom stereocenters. The first-order valence-corrected chi connectivity index (χ1v) is 7.00. The van der Waals surface area contributed by atoms with Gasteiger partial charge in [0.25, 0.3) is 0 Å². The fraction of sp³-hybridized carbons (Fsp3) is 0.375. The van der Waals surface area contributed by atoms with Crippen LogP contribution in [0.4, 0.5) is 5.69 Å². The molecule has 21 heavy (non-hydrogen) atoms. The Balaban J connectivity index is 1.96. The van der Waals surface area contributed by atoms with Crippen LogP contribution in [0.15, 0.2) is 22.7 Å². The quantitative estimate of drug-likeness (QED) is 0.812. The van der Waals surface area contributed by atoms with Gasteiger partial charge in [0.05, 0.1) is 17.9 Å². The largest absolute Gasteiger partial charge is 0.490 e. The molecular formula is C16H18N2O3. The van der Waals surface area contributed by atoms with Crippen molar-refractivity contribution in [3.8, 4) is 5.75 Å². The van der Waals surface area contributed by atoms with Gasteiger partial charge in [-0.3, -0.25) is 4.79 Å². The van der Waals surface area contributed by atoms with Gasteiger partial charge in [-0.1, -0.05) is 5.16 Å². The van der Waals surface area contributed by atoms with Crippen LogP contribution in [0.2, 0.25) is 0 Å². The first kappa shape index (κ1) is 13.7. The maximum Gasteiger partial charge on any atom is 0.159 e. The molecule has 0 radical (unpaired) electrons. The summed E-state index contributed by atoms with van der Waals surface area (Å²) in [4.78, 5) is 13.8. The normalized spacial score (nSPS) is 13.8. The first-order chi connectivity index (χ1) is 10.1. The SMILES string of the molecule is CC(=O)c1ccc2c(c1)N(Cc1c(C)noc1C)CCO2. The lowest BCUT2D eigenvalue weighted by atomic mass is 10.1. The molecule has 0 saturated heterocycles. The molecule has 0 saturated carbocycles. The molecule has 0 bridgehead atoms. The molecule has 5 heteroatoms. The Morgan fingerprint density at radius 3 is 2.86 bits per heavy atom. The van der Waals surface area contributed by atoms with Crippen molar-refractivity contribution in [3.63, 3.8) is 0 Å². The number of rotatable bonds is 3. The summed E-state index contributed by atoms with van der Waals surface area (Å²) in [6, 6.07) is 5.57. The van der Waals surface area contributed by atoms with Crippen molar-refractivity contribution in [2.75, 3.05) is 18.1 Å². The van der Waals surface area contributed by atoms with Crippen molar-refractivity contribution < 1.29 is 14.1 Å². The lowest BCUT2D eigenvalue weighted by molar-refractivity contribution is 0.101. The minimum absolute atomic E-state index is 0.0562. The van der Waals surface area contributed by atoms with Gasteiger partial charge in [-0.25, -0.2) is 0 Å². The number of hydrogen-bond donors (Lipinski definition) is 0. The second kappa shape index (κ2) is 5.24. The van der Waals surface area contributed by atoms with E-state index >= 15 is 0 Å². The van der Waals surface area contributed by atoms with Gasteiger partial charge in [0.15, 0.2) is 5.78 Å². The number of hydrogen-bond acceptors (Lipinski definition) is 5. The number of aryl methyl sites for hydroxylation is 2. The Kier molecular flexibility index (Phi) is 3.41. The zero-order valence-electron chi connectivity index (χ0n) is 12.5. The summed E-state index contributed by atoms with van der Waals surface area (Å²) in [5.41, 5.74) is 3.65. The molecule has 1 aliphatic heterocycles. The molecule has 5 nitrogen and oxygen atoms in total. The molecule has 0 spiro atoms. The molecule has 2 heterocycles. The number of ketones is 1. The summed E-state index contributed by atoms with van der Waals surface area (Å²) >= 11 is 0. The predicted octanol–water partition coefficient (Wildman–Crippen LogP) is 2.89. The van der Waals surface area contributed by atoms with Crippen molar-refractivity contribution in [1.82, 2.24) is 5.16 Å². The van der Waals surface area contributed by atoms with Gasteiger partial charge in [0.1, 0.15) is 18.1 Å². The highest BCUT2D eigenvalue weighted by Crippen LogP contribution is 2.34. The van der Waals surface area contributed by atoms with Gasteiger partial charge in [-0.2, -0.15) is 0 Å². The van der Waals surface area contributed by atoms with Gasteiger partial charge in [0, 0.05) is 17.7 Å². The topological polar surface area (TPSA) is 55.6 Å². The van der Waals surface area contributed by atoms with Crippen LogP contribution >= 0.6 is 0 Å². The zero-order valence-corrected chi connectivity index (χ0v) is 12.5. The van der Waals surface area contributed by atoms with E-state index in [4.69, 9.17) is 9.26 Å². The van der Waals surface area contributed by atoms with Gasteiger partial charge in [-0.05, 0) is 39.0 Å². The number of nitrogens with zero attached hydrogens (tertiary/aromatic N) is 2. The highest BCUT2D eigenvalue weighted by Gasteiger charge is 2.22. The molecule has 2 aromatic rings. The lowest BCUT2D eigenvalue weighted by Crippen LogP contribution is -2.32. The van der Waals surface area contributed by atoms with E-state index in [9.17, 15) is 4.79 Å². The van der Waals surface area contributed by atoms with Crippen molar-refractivity contribution in [1.29, 1.82) is 0 Å². The Morgan fingerprint density at radius 2 is 2.19 bits per heavy atom. The molecule has 1 aromatic carbocycles. The van der Waals surface area contributed by atoms with E-state index in [0.717, 1.165) is 35.0 Å². The van der Waals surface area contributed by atoms with Crippen LogP contribution in [-0.4, -0.2) is 24.1 Å². The monoisotopic (exact) mass is 286 g/mol. The van der Waals surface area contributed by atoms with E-state index in [2.05, 4.69) is 10.1 Å². The molecule has 0 fully saturated rings. The van der Waals surface area contributed by atoms with E-state index in [1.165, 1.54) is 0 Å². The van der Waals surface area contributed by atoms with E-state index in [0.29, 0.717) is 18.7 Å². The third-order valence-corrected chi connectivity index (χ3v) is 3.86. The number of aromatic nitrogens is 1. The summed E-state index contributed by atoms with van der Waals surface area (Å²) in [6.45, 7) is 7.55. The highest BCUT2D eigenvalue weighted by molar-refractivity contribution is 5.95. The van der Waals surface area contributed by atoms with Gasteiger partial charge in [-0.15, -0.1) is 0 Å². The Labute approximate surface area is 123 Å². The molecule has 1 aromatic heterocycles. The maximum absolute atomic E-state index is 11.6. The smallest absolute Gasteiger partial charge is 0.159 e. The first-order valence-electron chi connectivity index (χ1n) is 7.00. The summed E-state index contributed by atoms with van der Waals surface area (Å²) in [7, 11) is 0. The van der Waals surface area contributed by atoms with E-state index in [1.807, 2.05) is 26.0 Å². The zero-order chi connectivity index (χ0) is 15.0. The van der Waals surface area contributed by atoms with Crippen LogP contribution in [0.5, 0.6) is 5.75 Å². The predicted molar refractivity (Wildman–Crippen MR) is 79.0 cm³/mol. The van der Waals surface area contributed by atoms with Crippen LogP contribution in [0.1, 0.15) is 34.3 Å². The minimum atomic E-state index is 0.0562. The Morgan fingerprint density at radius 1 is 1.38 bits per heavy atom. The molecule has 110 valence electrons. The fourth-order valence-electron chi connectivity index (χ4n) is 2.57. The van der Waals surface area contributed by atoms with Crippen LogP contribution in [-0.2, 0) is 6.54 Å². The molecular weight excluding hydrogens is 268 g/mol. The number of carbonyl (C=O) groups is 1. The number of fused-ring (bicyclic) bond motifs is 1. The molecule has 0 N–H and O–H groups in total. The Hall–Kier alpha value is -2.30. The molecule has 3 rings (SSSR count). The van der Waals surface area contributed by atoms with Crippen LogP contribution in [0.25, 0.3) is 0 Å². The maximum atomic E-state index is 11.6. The average molecular weight is 286 g/mol. The number of benzene rings is 1. The number of anilines is 1. The van der Waals surface area contributed by atoms with E-state index in [1.54, 1.807) is 13.0 Å². The lowest BCUT2D eigenvalue weighted by Gasteiger charge is -2.31. The van der Waals surface area contributed by atoms with Gasteiger partial charge in [0.2, 0.25) is 0 Å². The molecule has 0 amide bonds. The summed E-state index contributed by atoms with van der Waals surface area (Å²) < 4.78 is 10.9. The van der Waals surface area contributed by atoms with Crippen LogP contribution < -0.4 is 9.64 Å². The van der Waals surface area contributed by atoms with Crippen molar-refractivity contribution in [3.05, 3.63) is 40.8 Å². The summed E-state index contributed by atoms with van der Waals surface area (Å²) in [6.07, 6.45) is 0. The fourth-order valence-corrected chi connectivity index (χ4v) is 2.57. The van der Waals surface area contributed by atoms with Crippen LogP contribution in [0.3, 0.4) is 0 Å². The summed E-state index contributed by atoms with van der Waals surface area (Å²) in [5, 5.41) is 4.00. The van der Waals surface area contributed by atoms with Crippen molar-refractivity contribution in [2.45, 2.75) is 27.3 Å². The number of ether oxygens (including phenoxy) is 1. The van der Waals surface area contributed by atoms with Gasteiger partial charge >= 0.3 is 0 Å². The number of Topliss-reactive ketones (excluding diaryl/α,β-unsaturated/α-hetero) is 1. The van der Waals surface area contributed by atoms with Crippen molar-refractivity contribution >= 4 is 11.5 Å². The van der Waals surface area contributed by atoms with E-state index in [-0.39, 0.29) is 5.78 Å². The summed E-state index contributed by atoms with van der Waals surface area (Å²) in [5.74, 6) is 1.71. The highest BCUT2D eigenvalue weighted by atomic mass is 16.5. The third kappa shape index (κ3) is 2.51. The average Bonchev–Trinajstić information content (AvgIpc) is 2.79. The minimum Gasteiger partial charge on any atom is -0.490 e. The van der Waals surface area contributed by atoms with Gasteiger partial charge < -0.3 is 14.2 Å². The van der Waals surface area contributed by atoms with E-state index < -0.39 is 0 Å². The van der Waals surface area contributed by atoms with Crippen molar-refractivity contribution in [2.24, 2.45) is 0 Å².